The Kier molecular flexibility index (Phi) is 2.65. The van der Waals surface area contributed by atoms with E-state index >= 15 is 0 Å². The maximum atomic E-state index is 11.9. The number of anilines is 1. The summed E-state index contributed by atoms with van der Waals surface area (Å²) in [6, 6.07) is 6.11. The van der Waals surface area contributed by atoms with E-state index in [-0.39, 0.29) is 5.91 Å². The fourth-order valence-corrected chi connectivity index (χ4v) is 3.17. The predicted molar refractivity (Wildman–Crippen MR) is 82.7 cm³/mol. The standard InChI is InChI=1S/C17H15N3O/c1-10-13-8-14(11-2-5-18-6-3-11)12-4-7-19-9-15(12)16(13)20-17(10)21/h2-3,5-6,8,19H,1,4,7,9H2,(H,20,21). The third kappa shape index (κ3) is 1.80. The van der Waals surface area contributed by atoms with Crippen molar-refractivity contribution in [3.05, 3.63) is 53.9 Å². The molecule has 1 aromatic heterocycles. The minimum Gasteiger partial charge on any atom is -0.321 e. The highest BCUT2D eigenvalue weighted by Gasteiger charge is 2.29. The molecule has 0 aliphatic carbocycles. The molecule has 0 spiro atoms. The molecule has 0 bridgehead atoms. The average molecular weight is 277 g/mol. The monoisotopic (exact) mass is 277 g/mol. The average Bonchev–Trinajstić information content (AvgIpc) is 2.83. The zero-order valence-corrected chi connectivity index (χ0v) is 11.6. The largest absolute Gasteiger partial charge is 0.321 e. The lowest BCUT2D eigenvalue weighted by molar-refractivity contribution is -0.110. The molecule has 4 heteroatoms. The summed E-state index contributed by atoms with van der Waals surface area (Å²) in [6.45, 7) is 5.65. The van der Waals surface area contributed by atoms with Crippen molar-refractivity contribution in [2.24, 2.45) is 0 Å². The molecule has 2 aliphatic heterocycles. The lowest BCUT2D eigenvalue weighted by Crippen LogP contribution is -2.25. The molecule has 3 heterocycles. The van der Waals surface area contributed by atoms with Crippen LogP contribution in [0, 0.1) is 0 Å². The first-order chi connectivity index (χ1) is 10.3. The molecule has 4 nitrogen and oxygen atoms in total. The number of pyridine rings is 1. The number of amides is 1. The fraction of sp³-hybridized carbons (Fsp3) is 0.176. The van der Waals surface area contributed by atoms with E-state index in [0.717, 1.165) is 36.3 Å². The van der Waals surface area contributed by atoms with Crippen LogP contribution in [-0.2, 0) is 17.8 Å². The quantitative estimate of drug-likeness (QED) is 0.787. The molecule has 1 amide bonds. The van der Waals surface area contributed by atoms with Gasteiger partial charge in [-0.2, -0.15) is 0 Å². The van der Waals surface area contributed by atoms with Crippen LogP contribution in [0.1, 0.15) is 16.7 Å². The van der Waals surface area contributed by atoms with Crippen LogP contribution in [0.3, 0.4) is 0 Å². The van der Waals surface area contributed by atoms with E-state index in [9.17, 15) is 4.79 Å². The number of carbonyl (C=O) groups is 1. The number of hydrogen-bond acceptors (Lipinski definition) is 3. The maximum Gasteiger partial charge on any atom is 0.255 e. The Morgan fingerprint density at radius 1 is 1.14 bits per heavy atom. The van der Waals surface area contributed by atoms with Crippen LogP contribution >= 0.6 is 0 Å². The molecule has 0 fully saturated rings. The molecule has 4 rings (SSSR count). The number of fused-ring (bicyclic) bond motifs is 3. The summed E-state index contributed by atoms with van der Waals surface area (Å²) in [4.78, 5) is 16.0. The van der Waals surface area contributed by atoms with Crippen LogP contribution < -0.4 is 10.6 Å². The molecule has 0 atom stereocenters. The molecular formula is C17H15N3O. The van der Waals surface area contributed by atoms with Crippen LogP contribution in [0.2, 0.25) is 0 Å². The lowest BCUT2D eigenvalue weighted by atomic mass is 9.87. The van der Waals surface area contributed by atoms with Crippen molar-refractivity contribution in [2.45, 2.75) is 13.0 Å². The van der Waals surface area contributed by atoms with E-state index in [4.69, 9.17) is 0 Å². The van der Waals surface area contributed by atoms with Gasteiger partial charge in [-0.3, -0.25) is 9.78 Å². The second kappa shape index (κ2) is 4.53. The lowest BCUT2D eigenvalue weighted by Gasteiger charge is -2.23. The summed E-state index contributed by atoms with van der Waals surface area (Å²) in [5.41, 5.74) is 7.24. The SMILES string of the molecule is C=C1C(=O)Nc2c1cc(-c1ccncc1)c1c2CNCC1. The third-order valence-corrected chi connectivity index (χ3v) is 4.23. The molecule has 0 saturated heterocycles. The highest BCUT2D eigenvalue weighted by Crippen LogP contribution is 2.41. The topological polar surface area (TPSA) is 54.0 Å². The van der Waals surface area contributed by atoms with Gasteiger partial charge in [0, 0.05) is 30.1 Å². The van der Waals surface area contributed by atoms with Crippen LogP contribution in [0.15, 0.2) is 37.2 Å². The number of nitrogens with zero attached hydrogens (tertiary/aromatic N) is 1. The second-order valence-electron chi connectivity index (χ2n) is 5.40. The second-order valence-corrected chi connectivity index (χ2v) is 5.40. The normalized spacial score (nSPS) is 16.4. The van der Waals surface area contributed by atoms with Crippen molar-refractivity contribution in [3.8, 4) is 11.1 Å². The summed E-state index contributed by atoms with van der Waals surface area (Å²) in [7, 11) is 0. The van der Waals surface area contributed by atoms with E-state index < -0.39 is 0 Å². The zero-order chi connectivity index (χ0) is 14.4. The Morgan fingerprint density at radius 3 is 2.76 bits per heavy atom. The van der Waals surface area contributed by atoms with Gasteiger partial charge >= 0.3 is 0 Å². The van der Waals surface area contributed by atoms with Gasteiger partial charge in [-0.15, -0.1) is 0 Å². The Hall–Kier alpha value is -2.46. The van der Waals surface area contributed by atoms with Gasteiger partial charge in [0.1, 0.15) is 0 Å². The number of hydrogen-bond donors (Lipinski definition) is 2. The summed E-state index contributed by atoms with van der Waals surface area (Å²) >= 11 is 0. The van der Waals surface area contributed by atoms with E-state index in [1.54, 1.807) is 12.4 Å². The first kappa shape index (κ1) is 12.3. The molecular weight excluding hydrogens is 262 g/mol. The van der Waals surface area contributed by atoms with E-state index in [1.807, 2.05) is 12.1 Å². The zero-order valence-electron chi connectivity index (χ0n) is 11.6. The van der Waals surface area contributed by atoms with Crippen molar-refractivity contribution in [3.63, 3.8) is 0 Å². The highest BCUT2D eigenvalue weighted by atomic mass is 16.1. The number of benzene rings is 1. The first-order valence-corrected chi connectivity index (χ1v) is 7.06. The minimum absolute atomic E-state index is 0.0929. The van der Waals surface area contributed by atoms with Gasteiger partial charge in [-0.1, -0.05) is 6.58 Å². The maximum absolute atomic E-state index is 11.9. The van der Waals surface area contributed by atoms with Crippen molar-refractivity contribution in [1.82, 2.24) is 10.3 Å². The predicted octanol–water partition coefficient (Wildman–Crippen LogP) is 2.36. The van der Waals surface area contributed by atoms with Crippen LogP contribution in [0.4, 0.5) is 5.69 Å². The van der Waals surface area contributed by atoms with Gasteiger partial charge in [0.2, 0.25) is 0 Å². The van der Waals surface area contributed by atoms with Gasteiger partial charge in [-0.25, -0.2) is 0 Å². The molecule has 2 aliphatic rings. The van der Waals surface area contributed by atoms with Gasteiger partial charge in [0.25, 0.3) is 5.91 Å². The number of nitrogens with one attached hydrogen (secondary N) is 2. The van der Waals surface area contributed by atoms with Crippen LogP contribution in [0.25, 0.3) is 16.7 Å². The summed E-state index contributed by atoms with van der Waals surface area (Å²) in [6.07, 6.45) is 4.56. The van der Waals surface area contributed by atoms with Crippen molar-refractivity contribution >= 4 is 17.2 Å². The van der Waals surface area contributed by atoms with Gasteiger partial charge < -0.3 is 10.6 Å². The Morgan fingerprint density at radius 2 is 1.95 bits per heavy atom. The Bertz CT molecular complexity index is 765. The van der Waals surface area contributed by atoms with E-state index in [1.165, 1.54) is 16.7 Å². The number of carbonyl (C=O) groups excluding carboxylic acids is 1. The fourth-order valence-electron chi connectivity index (χ4n) is 3.17. The molecule has 0 unspecified atom stereocenters. The van der Waals surface area contributed by atoms with Gasteiger partial charge in [0.05, 0.1) is 5.69 Å². The minimum atomic E-state index is -0.0929. The molecule has 2 aromatic rings. The van der Waals surface area contributed by atoms with E-state index in [2.05, 4.69) is 28.3 Å². The molecule has 0 saturated carbocycles. The number of rotatable bonds is 1. The molecule has 1 aromatic carbocycles. The summed E-state index contributed by atoms with van der Waals surface area (Å²) in [5.74, 6) is -0.0929. The van der Waals surface area contributed by atoms with Gasteiger partial charge in [-0.05, 0) is 53.4 Å². The smallest absolute Gasteiger partial charge is 0.255 e. The Balaban J connectivity index is 2.01. The molecule has 21 heavy (non-hydrogen) atoms. The molecule has 2 N–H and O–H groups in total. The third-order valence-electron chi connectivity index (χ3n) is 4.23. The number of aromatic nitrogens is 1. The van der Waals surface area contributed by atoms with Crippen LogP contribution in [-0.4, -0.2) is 17.4 Å². The molecule has 0 radical (unpaired) electrons. The van der Waals surface area contributed by atoms with Crippen molar-refractivity contribution in [1.29, 1.82) is 0 Å². The highest BCUT2D eigenvalue weighted by molar-refractivity contribution is 6.31. The first-order valence-electron chi connectivity index (χ1n) is 7.06. The summed E-state index contributed by atoms with van der Waals surface area (Å²) < 4.78 is 0. The van der Waals surface area contributed by atoms with Crippen LogP contribution in [0.5, 0.6) is 0 Å². The summed E-state index contributed by atoms with van der Waals surface area (Å²) in [5, 5.41) is 6.35. The van der Waals surface area contributed by atoms with E-state index in [0.29, 0.717) is 5.57 Å². The molecule has 104 valence electrons. The van der Waals surface area contributed by atoms with Gasteiger partial charge in [0.15, 0.2) is 0 Å². The van der Waals surface area contributed by atoms with Crippen molar-refractivity contribution in [2.75, 3.05) is 11.9 Å². The van der Waals surface area contributed by atoms with Crippen molar-refractivity contribution < 1.29 is 4.79 Å². The Labute approximate surface area is 122 Å².